The van der Waals surface area contributed by atoms with Crippen molar-refractivity contribution in [3.63, 3.8) is 0 Å². The Balaban J connectivity index is 1.76. The normalized spacial score (nSPS) is 22.1. The number of nitrogens with zero attached hydrogens (tertiary/aromatic N) is 1. The zero-order chi connectivity index (χ0) is 25.5. The smallest absolute Gasteiger partial charge is 0.350 e. The number of aliphatic hydroxyl groups excluding tert-OH is 1. The molecule has 0 aromatic heterocycles. The molecule has 0 bridgehead atoms. The van der Waals surface area contributed by atoms with Crippen LogP contribution in [0, 0.1) is 17.0 Å². The molecule has 1 spiro atoms. The largest absolute Gasteiger partial charge is 0.381 e. The van der Waals surface area contributed by atoms with Crippen LogP contribution in [0.25, 0.3) is 11.1 Å². The highest BCUT2D eigenvalue weighted by atomic mass is 32.2. The first-order valence-electron chi connectivity index (χ1n) is 10.9. The van der Waals surface area contributed by atoms with Crippen molar-refractivity contribution >= 4 is 15.9 Å². The average molecular weight is 519 g/mol. The van der Waals surface area contributed by atoms with Gasteiger partial charge in [-0.2, -0.15) is 8.78 Å². The van der Waals surface area contributed by atoms with Crippen LogP contribution in [0.15, 0.2) is 42.5 Å². The molecule has 2 aromatic carbocycles. The van der Waals surface area contributed by atoms with Crippen molar-refractivity contribution in [1.29, 1.82) is 0 Å². The summed E-state index contributed by atoms with van der Waals surface area (Å²) in [5.74, 6) is -6.47. The summed E-state index contributed by atoms with van der Waals surface area (Å²) < 4.78 is 95.4. The van der Waals surface area contributed by atoms with Gasteiger partial charge in [0, 0.05) is 23.6 Å². The van der Waals surface area contributed by atoms with E-state index in [2.05, 4.69) is 0 Å². The van der Waals surface area contributed by atoms with Crippen LogP contribution in [-0.2, 0) is 21.2 Å². The van der Waals surface area contributed by atoms with Crippen molar-refractivity contribution in [2.45, 2.75) is 43.2 Å². The van der Waals surface area contributed by atoms with E-state index in [0.717, 1.165) is 17.0 Å². The molecular weight excluding hydrogens is 495 g/mol. The first-order chi connectivity index (χ1) is 16.5. The van der Waals surface area contributed by atoms with Gasteiger partial charge < -0.3 is 10.0 Å². The van der Waals surface area contributed by atoms with E-state index < -0.39 is 70.0 Å². The Morgan fingerprint density at radius 2 is 1.83 bits per heavy atom. The first-order valence-corrected chi connectivity index (χ1v) is 12.4. The number of likely N-dealkylation sites (tertiary alicyclic amines) is 1. The molecule has 1 aliphatic heterocycles. The van der Waals surface area contributed by atoms with Crippen LogP contribution >= 0.6 is 0 Å². The number of hydrogen-bond donors (Lipinski definition) is 2. The monoisotopic (exact) mass is 518 g/mol. The van der Waals surface area contributed by atoms with Crippen LogP contribution in [0.4, 0.5) is 22.0 Å². The zero-order valence-corrected chi connectivity index (χ0v) is 19.1. The summed E-state index contributed by atoms with van der Waals surface area (Å²) in [5.41, 5.74) is -0.859. The molecule has 1 saturated heterocycles. The number of hydrogen-bond acceptors (Lipinski definition) is 4. The predicted octanol–water partition coefficient (Wildman–Crippen LogP) is 3.01. The molecule has 1 aliphatic carbocycles. The molecule has 35 heavy (non-hydrogen) atoms. The van der Waals surface area contributed by atoms with Crippen molar-refractivity contribution in [1.82, 2.24) is 9.62 Å². The number of rotatable bonds is 8. The fraction of sp³-hybridized carbons (Fsp3) is 0.435. The number of aliphatic hydroxyl groups is 1. The molecule has 2 aliphatic rings. The van der Waals surface area contributed by atoms with Crippen LogP contribution in [-0.4, -0.2) is 61.5 Å². The summed E-state index contributed by atoms with van der Waals surface area (Å²) in [6.45, 7) is -1.57. The maximum Gasteiger partial charge on any atom is 0.350 e. The molecular formula is C23H23F5N2O4S. The molecule has 2 N–H and O–H groups in total. The maximum absolute atomic E-state index is 15.5. The van der Waals surface area contributed by atoms with Crippen molar-refractivity contribution in [2.24, 2.45) is 5.41 Å². The second-order valence-corrected chi connectivity index (χ2v) is 10.6. The van der Waals surface area contributed by atoms with E-state index >= 15 is 4.39 Å². The van der Waals surface area contributed by atoms with Gasteiger partial charge in [0.05, 0.1) is 6.04 Å². The van der Waals surface area contributed by atoms with E-state index in [1.807, 2.05) is 4.72 Å². The third-order valence-corrected chi connectivity index (χ3v) is 7.74. The minimum atomic E-state index is -5.11. The Kier molecular flexibility index (Phi) is 6.91. The molecule has 12 heteroatoms. The number of benzene rings is 2. The van der Waals surface area contributed by atoms with Gasteiger partial charge in [0.25, 0.3) is 15.9 Å². The number of carbonyl (C=O) groups excluding carboxylic acids is 1. The van der Waals surface area contributed by atoms with E-state index in [-0.39, 0.29) is 17.7 Å². The molecule has 1 saturated carbocycles. The van der Waals surface area contributed by atoms with Crippen molar-refractivity contribution in [3.8, 4) is 11.1 Å². The van der Waals surface area contributed by atoms with Gasteiger partial charge in [0.2, 0.25) is 0 Å². The van der Waals surface area contributed by atoms with Crippen molar-refractivity contribution in [3.05, 3.63) is 59.7 Å². The van der Waals surface area contributed by atoms with Gasteiger partial charge in [-0.25, -0.2) is 26.3 Å². The zero-order valence-electron chi connectivity index (χ0n) is 18.3. The third kappa shape index (κ3) is 4.91. The highest BCUT2D eigenvalue weighted by Crippen LogP contribution is 2.56. The molecule has 190 valence electrons. The highest BCUT2D eigenvalue weighted by molar-refractivity contribution is 7.89. The van der Waals surface area contributed by atoms with E-state index in [1.54, 1.807) is 30.3 Å². The molecule has 1 heterocycles. The van der Waals surface area contributed by atoms with E-state index in [9.17, 15) is 35.9 Å². The quantitative estimate of drug-likeness (QED) is 0.527. The van der Waals surface area contributed by atoms with E-state index in [1.165, 1.54) is 0 Å². The highest BCUT2D eigenvalue weighted by Gasteiger charge is 2.62. The molecule has 1 amide bonds. The number of alkyl halides is 3. The summed E-state index contributed by atoms with van der Waals surface area (Å²) in [5, 5.41) is 9.80. The van der Waals surface area contributed by atoms with Crippen LogP contribution < -0.4 is 4.72 Å². The van der Waals surface area contributed by atoms with Crippen LogP contribution in [0.5, 0.6) is 0 Å². The topological polar surface area (TPSA) is 86.7 Å². The van der Waals surface area contributed by atoms with E-state index in [0.29, 0.717) is 18.4 Å². The van der Waals surface area contributed by atoms with E-state index in [4.69, 9.17) is 0 Å². The van der Waals surface area contributed by atoms with Gasteiger partial charge >= 0.3 is 5.76 Å². The van der Waals surface area contributed by atoms with Gasteiger partial charge in [-0.1, -0.05) is 30.3 Å². The lowest BCUT2D eigenvalue weighted by Crippen LogP contribution is -2.52. The van der Waals surface area contributed by atoms with Gasteiger partial charge in [0.15, 0.2) is 6.10 Å². The van der Waals surface area contributed by atoms with Gasteiger partial charge in [-0.05, 0) is 42.5 Å². The van der Waals surface area contributed by atoms with Crippen LogP contribution in [0.2, 0.25) is 0 Å². The maximum atomic E-state index is 15.5. The average Bonchev–Trinajstić information content (AvgIpc) is 3.55. The minimum absolute atomic E-state index is 0.0777. The molecule has 3 atom stereocenters. The minimum Gasteiger partial charge on any atom is -0.381 e. The summed E-state index contributed by atoms with van der Waals surface area (Å²) in [6, 6.07) is 7.40. The Hall–Kier alpha value is -2.57. The van der Waals surface area contributed by atoms with Crippen LogP contribution in [0.1, 0.15) is 18.4 Å². The number of sulfonamides is 1. The number of amides is 1. The lowest BCUT2D eigenvalue weighted by molar-refractivity contribution is -0.142. The molecule has 2 aromatic rings. The molecule has 6 nitrogen and oxygen atoms in total. The first kappa shape index (κ1) is 25.5. The lowest BCUT2D eigenvalue weighted by Gasteiger charge is -2.30. The van der Waals surface area contributed by atoms with Gasteiger partial charge in [-0.3, -0.25) is 4.79 Å². The lowest BCUT2D eigenvalue weighted by atomic mass is 9.91. The molecule has 1 unspecified atom stereocenters. The predicted molar refractivity (Wildman–Crippen MR) is 116 cm³/mol. The summed E-state index contributed by atoms with van der Waals surface area (Å²) in [6.07, 6.45) is -1.77. The number of nitrogens with one attached hydrogen (secondary N) is 1. The second kappa shape index (κ2) is 9.47. The van der Waals surface area contributed by atoms with Crippen LogP contribution in [0.3, 0.4) is 0 Å². The molecule has 2 fully saturated rings. The Morgan fingerprint density at radius 1 is 1.17 bits per heavy atom. The van der Waals surface area contributed by atoms with Crippen molar-refractivity contribution < 1.29 is 40.3 Å². The summed E-state index contributed by atoms with van der Waals surface area (Å²) >= 11 is 0. The standard InChI is InChI=1S/C23H23F5N2O4S/c24-11-18(31)21(32)30-12-23(6-7-23)20(29-35(33,34)22(27)28)17(30)9-14-8-15(25)10-16(19(14)26)13-4-2-1-3-5-13/h1-5,8,10,17-18,20,22,29,31H,6-7,9,11-12H2/t17-,18?,20+/m0/s1. The van der Waals surface area contributed by atoms with Gasteiger partial charge in [-0.15, -0.1) is 0 Å². The second-order valence-electron chi connectivity index (χ2n) is 8.96. The number of carbonyl (C=O) groups is 1. The fourth-order valence-corrected chi connectivity index (χ4v) is 5.64. The SMILES string of the molecule is O=C(C(O)CF)N1CC2(CC2)[C@H](NS(=O)(=O)C(F)F)[C@@H]1Cc1cc(F)cc(-c2ccccc2)c1F. The Morgan fingerprint density at radius 3 is 2.40 bits per heavy atom. The fourth-order valence-electron chi connectivity index (χ4n) is 4.78. The molecule has 4 rings (SSSR count). The Labute approximate surface area is 198 Å². The summed E-state index contributed by atoms with van der Waals surface area (Å²) in [4.78, 5) is 13.7. The number of halogens is 5. The third-order valence-electron chi connectivity index (χ3n) is 6.69. The van der Waals surface area contributed by atoms with Gasteiger partial charge in [0.1, 0.15) is 18.3 Å². The Bertz CT molecular complexity index is 1210. The van der Waals surface area contributed by atoms with Crippen molar-refractivity contribution in [2.75, 3.05) is 13.2 Å². The molecule has 0 radical (unpaired) electrons. The summed E-state index contributed by atoms with van der Waals surface area (Å²) in [7, 11) is -5.11.